The lowest BCUT2D eigenvalue weighted by Gasteiger charge is -2.09. The van der Waals surface area contributed by atoms with Crippen LogP contribution in [0.4, 0.5) is 0 Å². The zero-order chi connectivity index (χ0) is 17.6. The van der Waals surface area contributed by atoms with Crippen LogP contribution in [0, 0.1) is 0 Å². The minimum atomic E-state index is -0.455. The molecule has 5 nitrogen and oxygen atoms in total. The van der Waals surface area contributed by atoms with E-state index in [9.17, 15) is 9.59 Å². The van der Waals surface area contributed by atoms with E-state index in [4.69, 9.17) is 9.47 Å². The van der Waals surface area contributed by atoms with Gasteiger partial charge in [0.15, 0.2) is 6.61 Å². The summed E-state index contributed by atoms with van der Waals surface area (Å²) < 4.78 is 15.4. The van der Waals surface area contributed by atoms with Crippen LogP contribution in [0.5, 0.6) is 5.75 Å². The Morgan fingerprint density at radius 3 is 2.72 bits per heavy atom. The fourth-order valence-corrected chi connectivity index (χ4v) is 2.89. The molecule has 0 fully saturated rings. The third kappa shape index (κ3) is 4.38. The van der Waals surface area contributed by atoms with Crippen molar-refractivity contribution in [2.45, 2.75) is 25.9 Å². The second-order valence-electron chi connectivity index (χ2n) is 5.93. The van der Waals surface area contributed by atoms with Gasteiger partial charge in [-0.25, -0.2) is 9.59 Å². The van der Waals surface area contributed by atoms with Crippen molar-refractivity contribution >= 4 is 11.9 Å². The van der Waals surface area contributed by atoms with E-state index in [1.807, 2.05) is 12.1 Å². The Kier molecular flexibility index (Phi) is 5.33. The number of carbonyl (C=O) groups is 2. The van der Waals surface area contributed by atoms with Gasteiger partial charge >= 0.3 is 11.9 Å². The fraction of sp³-hybridized carbons (Fsp3) is 0.300. The molecule has 25 heavy (non-hydrogen) atoms. The predicted octanol–water partition coefficient (Wildman–Crippen LogP) is 3.08. The van der Waals surface area contributed by atoms with E-state index in [1.165, 1.54) is 24.7 Å². The molecule has 0 N–H and O–H groups in total. The number of carbonyl (C=O) groups excluding carboxylic acids is 2. The molecule has 2 aromatic carbocycles. The first-order valence-corrected chi connectivity index (χ1v) is 8.23. The Hall–Kier alpha value is -2.82. The molecule has 3 rings (SSSR count). The maximum atomic E-state index is 11.9. The number of hydrogen-bond acceptors (Lipinski definition) is 5. The van der Waals surface area contributed by atoms with E-state index in [2.05, 4.69) is 10.8 Å². The summed E-state index contributed by atoms with van der Waals surface area (Å²) >= 11 is 0. The molecule has 0 saturated carbocycles. The van der Waals surface area contributed by atoms with Crippen molar-refractivity contribution in [3.63, 3.8) is 0 Å². The highest BCUT2D eigenvalue weighted by Gasteiger charge is 2.12. The molecule has 2 aromatic rings. The molecule has 0 saturated heterocycles. The van der Waals surface area contributed by atoms with Crippen LogP contribution in [0.25, 0.3) is 0 Å². The first kappa shape index (κ1) is 17.0. The standard InChI is InChI=1S/C20H20O5/c1-23-20(22)17-7-2-4-14(10-17)12-25-19(21)13-24-18-9-8-15-5-3-6-16(15)11-18/h2,4,7-11H,3,5-6,12-13H2,1H3. The van der Waals surface area contributed by atoms with Crippen LogP contribution in [0.3, 0.4) is 0 Å². The molecular weight excluding hydrogens is 320 g/mol. The van der Waals surface area contributed by atoms with E-state index in [1.54, 1.807) is 24.3 Å². The normalized spacial score (nSPS) is 12.4. The van der Waals surface area contributed by atoms with Crippen molar-refractivity contribution in [1.29, 1.82) is 0 Å². The van der Waals surface area contributed by atoms with E-state index in [0.29, 0.717) is 16.9 Å². The number of fused-ring (bicyclic) bond motifs is 1. The van der Waals surface area contributed by atoms with Crippen molar-refractivity contribution in [2.75, 3.05) is 13.7 Å². The highest BCUT2D eigenvalue weighted by molar-refractivity contribution is 5.89. The van der Waals surface area contributed by atoms with Gasteiger partial charge in [-0.05, 0) is 60.2 Å². The predicted molar refractivity (Wildman–Crippen MR) is 91.5 cm³/mol. The molecule has 130 valence electrons. The molecule has 1 aliphatic carbocycles. The number of rotatable bonds is 6. The first-order chi connectivity index (χ1) is 12.2. The average Bonchev–Trinajstić information content (AvgIpc) is 3.12. The molecule has 1 aliphatic rings. The number of hydrogen-bond donors (Lipinski definition) is 0. The van der Waals surface area contributed by atoms with Crippen LogP contribution in [0.1, 0.15) is 33.5 Å². The van der Waals surface area contributed by atoms with Gasteiger partial charge in [-0.1, -0.05) is 18.2 Å². The Morgan fingerprint density at radius 2 is 1.88 bits per heavy atom. The van der Waals surface area contributed by atoms with E-state index < -0.39 is 11.9 Å². The lowest BCUT2D eigenvalue weighted by Crippen LogP contribution is -2.15. The minimum absolute atomic E-state index is 0.0806. The number of aryl methyl sites for hydroxylation is 2. The number of esters is 2. The Balaban J connectivity index is 1.49. The van der Waals surface area contributed by atoms with Crippen LogP contribution in [0.2, 0.25) is 0 Å². The summed E-state index contributed by atoms with van der Waals surface area (Å²) in [6.45, 7) is -0.0628. The number of ether oxygens (including phenoxy) is 3. The molecule has 5 heteroatoms. The number of benzene rings is 2. The van der Waals surface area contributed by atoms with Crippen molar-refractivity contribution in [1.82, 2.24) is 0 Å². The third-order valence-corrected chi connectivity index (χ3v) is 4.17. The van der Waals surface area contributed by atoms with Gasteiger partial charge in [0.2, 0.25) is 0 Å². The van der Waals surface area contributed by atoms with Crippen LogP contribution >= 0.6 is 0 Å². The molecule has 0 heterocycles. The molecule has 0 radical (unpaired) electrons. The smallest absolute Gasteiger partial charge is 0.344 e. The summed E-state index contributed by atoms with van der Waals surface area (Å²) in [5, 5.41) is 0. The molecule has 0 atom stereocenters. The largest absolute Gasteiger partial charge is 0.482 e. The molecule has 0 amide bonds. The number of methoxy groups -OCH3 is 1. The lowest BCUT2D eigenvalue weighted by molar-refractivity contribution is -0.147. The Bertz CT molecular complexity index is 781. The van der Waals surface area contributed by atoms with Crippen molar-refractivity contribution in [2.24, 2.45) is 0 Å². The molecule has 0 spiro atoms. The Morgan fingerprint density at radius 1 is 1.04 bits per heavy atom. The molecular formula is C20H20O5. The molecule has 0 aliphatic heterocycles. The van der Waals surface area contributed by atoms with E-state index in [-0.39, 0.29) is 13.2 Å². The van der Waals surface area contributed by atoms with E-state index in [0.717, 1.165) is 12.8 Å². The SMILES string of the molecule is COC(=O)c1cccc(COC(=O)COc2ccc3c(c2)CCC3)c1. The van der Waals surface area contributed by atoms with Gasteiger partial charge in [-0.2, -0.15) is 0 Å². The average molecular weight is 340 g/mol. The zero-order valence-corrected chi connectivity index (χ0v) is 14.1. The van der Waals surface area contributed by atoms with Crippen LogP contribution in [-0.4, -0.2) is 25.7 Å². The van der Waals surface area contributed by atoms with Crippen LogP contribution < -0.4 is 4.74 Å². The second kappa shape index (κ2) is 7.83. The van der Waals surface area contributed by atoms with Crippen LogP contribution in [0.15, 0.2) is 42.5 Å². The third-order valence-electron chi connectivity index (χ3n) is 4.17. The van der Waals surface area contributed by atoms with Gasteiger partial charge in [0.25, 0.3) is 0 Å². The maximum Gasteiger partial charge on any atom is 0.344 e. The lowest BCUT2D eigenvalue weighted by atomic mass is 10.1. The van der Waals surface area contributed by atoms with Crippen LogP contribution in [-0.2, 0) is 33.7 Å². The van der Waals surface area contributed by atoms with Crippen molar-refractivity contribution < 1.29 is 23.8 Å². The topological polar surface area (TPSA) is 61.8 Å². The van der Waals surface area contributed by atoms with Gasteiger partial charge in [-0.15, -0.1) is 0 Å². The van der Waals surface area contributed by atoms with Gasteiger partial charge in [0.1, 0.15) is 12.4 Å². The van der Waals surface area contributed by atoms with E-state index >= 15 is 0 Å². The highest BCUT2D eigenvalue weighted by atomic mass is 16.6. The van der Waals surface area contributed by atoms with Crippen molar-refractivity contribution in [3.8, 4) is 5.75 Å². The molecule has 0 aromatic heterocycles. The maximum absolute atomic E-state index is 11.9. The van der Waals surface area contributed by atoms with Gasteiger partial charge in [0.05, 0.1) is 12.7 Å². The summed E-state index contributed by atoms with van der Waals surface area (Å²) in [7, 11) is 1.32. The Labute approximate surface area is 146 Å². The van der Waals surface area contributed by atoms with Crippen molar-refractivity contribution in [3.05, 3.63) is 64.7 Å². The summed E-state index contributed by atoms with van der Waals surface area (Å²) in [4.78, 5) is 23.4. The summed E-state index contributed by atoms with van der Waals surface area (Å²) in [6, 6.07) is 12.7. The second-order valence-corrected chi connectivity index (χ2v) is 5.93. The monoisotopic (exact) mass is 340 g/mol. The zero-order valence-electron chi connectivity index (χ0n) is 14.1. The first-order valence-electron chi connectivity index (χ1n) is 8.23. The van der Waals surface area contributed by atoms with Gasteiger partial charge < -0.3 is 14.2 Å². The summed E-state index contributed by atoms with van der Waals surface area (Å²) in [5.41, 5.74) is 3.80. The molecule has 0 unspecified atom stereocenters. The highest BCUT2D eigenvalue weighted by Crippen LogP contribution is 2.26. The minimum Gasteiger partial charge on any atom is -0.482 e. The molecule has 0 bridgehead atoms. The fourth-order valence-electron chi connectivity index (χ4n) is 2.89. The van der Waals surface area contributed by atoms with Gasteiger partial charge in [-0.3, -0.25) is 0 Å². The summed E-state index contributed by atoms with van der Waals surface area (Å²) in [6.07, 6.45) is 3.35. The quantitative estimate of drug-likeness (QED) is 0.756. The van der Waals surface area contributed by atoms with Gasteiger partial charge in [0, 0.05) is 0 Å². The summed E-state index contributed by atoms with van der Waals surface area (Å²) in [5.74, 6) is -0.192.